The van der Waals surface area contributed by atoms with Crippen LogP contribution in [0.15, 0.2) is 24.3 Å². The summed E-state index contributed by atoms with van der Waals surface area (Å²) in [6.45, 7) is 6.14. The van der Waals surface area contributed by atoms with Gasteiger partial charge in [-0.3, -0.25) is 14.4 Å². The molecule has 2 fully saturated rings. The summed E-state index contributed by atoms with van der Waals surface area (Å²) in [6, 6.07) is -0.650. The first-order valence-corrected chi connectivity index (χ1v) is 13.6. The van der Waals surface area contributed by atoms with Crippen LogP contribution in [0.25, 0.3) is 0 Å². The molecule has 5 atom stereocenters. The summed E-state index contributed by atoms with van der Waals surface area (Å²) in [5.41, 5.74) is 0. The van der Waals surface area contributed by atoms with Gasteiger partial charge in [0.2, 0.25) is 11.8 Å². The van der Waals surface area contributed by atoms with E-state index in [2.05, 4.69) is 25.2 Å². The summed E-state index contributed by atoms with van der Waals surface area (Å²) < 4.78 is 4.20. The van der Waals surface area contributed by atoms with Crippen molar-refractivity contribution < 1.29 is 24.2 Å². The molecule has 4 rings (SSSR count). The van der Waals surface area contributed by atoms with E-state index in [4.69, 9.17) is 4.74 Å². The number of carbonyl (C=O) groups is 3. The molecule has 0 aromatic carbocycles. The van der Waals surface area contributed by atoms with Crippen molar-refractivity contribution in [1.29, 1.82) is 0 Å². The molecule has 2 amide bonds. The largest absolute Gasteiger partial charge is 0.465 e. The van der Waals surface area contributed by atoms with Crippen LogP contribution in [0.5, 0.6) is 0 Å². The molecule has 2 saturated heterocycles. The predicted octanol–water partition coefficient (Wildman–Crippen LogP) is 2.93. The van der Waals surface area contributed by atoms with Crippen LogP contribution in [0.1, 0.15) is 58.8 Å². The van der Waals surface area contributed by atoms with Gasteiger partial charge in [-0.15, -0.1) is 11.8 Å². The lowest BCUT2D eigenvalue weighted by Gasteiger charge is -2.37. The number of carbonyl (C=O) groups excluding carboxylic acids is 3. The Morgan fingerprint density at radius 1 is 1.06 bits per heavy atom. The van der Waals surface area contributed by atoms with Crippen LogP contribution in [0.4, 0.5) is 0 Å². The number of aliphatic hydroxyl groups excluding tert-OH is 1. The van der Waals surface area contributed by atoms with Crippen LogP contribution in [0.2, 0.25) is 0 Å². The quantitative estimate of drug-likeness (QED) is 0.320. The Labute approximate surface area is 206 Å². The SMILES string of the molecule is CCCCCN1CC=C[C@]23S[C@]4(C)/C=C\CCCOC(=O)[C@@H]4[C@H]2C(=O)N(CCCCO)C3C1=O. The maximum absolute atomic E-state index is 14.0. The zero-order chi connectivity index (χ0) is 24.3. The van der Waals surface area contributed by atoms with E-state index in [0.29, 0.717) is 39.1 Å². The number of aliphatic hydroxyl groups is 1. The monoisotopic (exact) mass is 490 g/mol. The average molecular weight is 491 g/mol. The number of allylic oxidation sites excluding steroid dienone is 1. The fourth-order valence-corrected chi connectivity index (χ4v) is 8.22. The summed E-state index contributed by atoms with van der Waals surface area (Å²) in [6.07, 6.45) is 14.1. The van der Waals surface area contributed by atoms with Gasteiger partial charge in [-0.1, -0.05) is 44.1 Å². The van der Waals surface area contributed by atoms with Crippen molar-refractivity contribution in [2.24, 2.45) is 11.8 Å². The third-order valence-corrected chi connectivity index (χ3v) is 9.47. The maximum Gasteiger partial charge on any atom is 0.311 e. The van der Waals surface area contributed by atoms with E-state index in [1.165, 1.54) is 0 Å². The highest BCUT2D eigenvalue weighted by Gasteiger charge is 2.73. The number of nitrogens with zero attached hydrogens (tertiary/aromatic N) is 2. The summed E-state index contributed by atoms with van der Waals surface area (Å²) in [5.74, 6) is -1.79. The van der Waals surface area contributed by atoms with Crippen molar-refractivity contribution in [3.63, 3.8) is 0 Å². The Morgan fingerprint density at radius 3 is 2.62 bits per heavy atom. The molecule has 7 nitrogen and oxygen atoms in total. The average Bonchev–Trinajstić information content (AvgIpc) is 3.15. The lowest BCUT2D eigenvalue weighted by molar-refractivity contribution is -0.154. The molecule has 1 spiro atoms. The summed E-state index contributed by atoms with van der Waals surface area (Å²) in [4.78, 5) is 45.0. The van der Waals surface area contributed by atoms with Gasteiger partial charge < -0.3 is 19.6 Å². The number of cyclic esters (lactones) is 1. The van der Waals surface area contributed by atoms with Gasteiger partial charge in [0.25, 0.3) is 0 Å². The van der Waals surface area contributed by atoms with E-state index in [-0.39, 0.29) is 24.4 Å². The summed E-state index contributed by atoms with van der Waals surface area (Å²) >= 11 is 1.59. The first-order chi connectivity index (χ1) is 16.4. The number of likely N-dealkylation sites (tertiary alicyclic amines) is 1. The number of amides is 2. The predicted molar refractivity (Wildman–Crippen MR) is 132 cm³/mol. The molecule has 0 aromatic rings. The van der Waals surface area contributed by atoms with Gasteiger partial charge >= 0.3 is 5.97 Å². The minimum absolute atomic E-state index is 0.0270. The molecule has 0 aliphatic carbocycles. The third-order valence-electron chi connectivity index (χ3n) is 7.67. The normalized spacial score (nSPS) is 36.2. The van der Waals surface area contributed by atoms with Crippen LogP contribution in [0.3, 0.4) is 0 Å². The zero-order valence-electron chi connectivity index (χ0n) is 20.4. The Kier molecular flexibility index (Phi) is 7.77. The van der Waals surface area contributed by atoms with Crippen molar-refractivity contribution in [3.8, 4) is 0 Å². The van der Waals surface area contributed by atoms with Gasteiger partial charge in [-0.05, 0) is 39.0 Å². The molecule has 1 N–H and O–H groups in total. The van der Waals surface area contributed by atoms with Gasteiger partial charge in [-0.2, -0.15) is 0 Å². The topological polar surface area (TPSA) is 87.2 Å². The molecular weight excluding hydrogens is 452 g/mol. The van der Waals surface area contributed by atoms with Crippen molar-refractivity contribution >= 4 is 29.5 Å². The second-order valence-electron chi connectivity index (χ2n) is 10.1. The lowest BCUT2D eigenvalue weighted by atomic mass is 9.74. The first kappa shape index (κ1) is 25.3. The van der Waals surface area contributed by atoms with Crippen molar-refractivity contribution in [2.75, 3.05) is 32.8 Å². The number of ether oxygens (including phenoxy) is 1. The number of fused-ring (bicyclic) bond motifs is 2. The van der Waals surface area contributed by atoms with Crippen LogP contribution in [0, 0.1) is 11.8 Å². The Bertz CT molecular complexity index is 860. The van der Waals surface area contributed by atoms with E-state index < -0.39 is 27.4 Å². The summed E-state index contributed by atoms with van der Waals surface area (Å²) in [5, 5.41) is 9.30. The molecule has 0 bridgehead atoms. The molecule has 8 heteroatoms. The molecule has 4 aliphatic rings. The standard InChI is InChI=1S/C26H38N2O5S/c1-3-4-7-14-27-15-11-13-26-19(22(30)28(16-8-9-17-29)21(26)23(27)31)20-24(32)33-18-10-5-6-12-25(20,2)34-26/h6,11-13,19-21,29H,3-5,7-10,14-18H2,1-2H3/b12-6-/t19-,20-,21?,25+,26-/m0/s1. The van der Waals surface area contributed by atoms with E-state index >= 15 is 0 Å². The van der Waals surface area contributed by atoms with Crippen molar-refractivity contribution in [1.82, 2.24) is 9.80 Å². The first-order valence-electron chi connectivity index (χ1n) is 12.8. The minimum atomic E-state index is -0.811. The number of hydrogen-bond acceptors (Lipinski definition) is 6. The van der Waals surface area contributed by atoms with Gasteiger partial charge in [-0.25, -0.2) is 0 Å². The fourth-order valence-electron chi connectivity index (χ4n) is 6.07. The fraction of sp³-hybridized carbons (Fsp3) is 0.731. The molecule has 0 radical (unpaired) electrons. The minimum Gasteiger partial charge on any atom is -0.465 e. The Morgan fingerprint density at radius 2 is 1.85 bits per heavy atom. The molecule has 188 valence electrons. The highest BCUT2D eigenvalue weighted by atomic mass is 32.2. The highest BCUT2D eigenvalue weighted by molar-refractivity contribution is 8.02. The van der Waals surface area contributed by atoms with Gasteiger partial charge in [0.05, 0.1) is 23.2 Å². The van der Waals surface area contributed by atoms with Crippen molar-refractivity contribution in [2.45, 2.75) is 74.3 Å². The van der Waals surface area contributed by atoms with Crippen LogP contribution in [-0.2, 0) is 19.1 Å². The summed E-state index contributed by atoms with van der Waals surface area (Å²) in [7, 11) is 0. The molecule has 0 aromatic heterocycles. The number of hydrogen-bond donors (Lipinski definition) is 1. The number of esters is 1. The molecular formula is C26H38N2O5S. The number of thioether (sulfide) groups is 1. The Hall–Kier alpha value is -1.80. The molecule has 4 heterocycles. The van der Waals surface area contributed by atoms with Crippen LogP contribution in [-0.4, -0.2) is 81.1 Å². The van der Waals surface area contributed by atoms with Crippen molar-refractivity contribution in [3.05, 3.63) is 24.3 Å². The van der Waals surface area contributed by atoms with Gasteiger partial charge in [0.15, 0.2) is 0 Å². The van der Waals surface area contributed by atoms with E-state index in [9.17, 15) is 19.5 Å². The lowest BCUT2D eigenvalue weighted by Crippen LogP contribution is -2.53. The van der Waals surface area contributed by atoms with E-state index in [0.717, 1.165) is 32.1 Å². The second-order valence-corrected chi connectivity index (χ2v) is 11.9. The van der Waals surface area contributed by atoms with Crippen LogP contribution >= 0.6 is 11.8 Å². The smallest absolute Gasteiger partial charge is 0.311 e. The molecule has 34 heavy (non-hydrogen) atoms. The molecule has 4 aliphatic heterocycles. The number of rotatable bonds is 8. The molecule has 1 unspecified atom stereocenters. The zero-order valence-corrected chi connectivity index (χ0v) is 21.2. The third kappa shape index (κ3) is 4.32. The molecule has 0 saturated carbocycles. The number of unbranched alkanes of at least 4 members (excludes halogenated alkanes) is 3. The highest BCUT2D eigenvalue weighted by Crippen LogP contribution is 2.65. The van der Waals surface area contributed by atoms with Crippen LogP contribution < -0.4 is 0 Å². The van der Waals surface area contributed by atoms with Gasteiger partial charge in [0, 0.05) is 31.0 Å². The van der Waals surface area contributed by atoms with E-state index in [1.807, 2.05) is 17.9 Å². The maximum atomic E-state index is 14.0. The second kappa shape index (κ2) is 10.4. The van der Waals surface area contributed by atoms with Gasteiger partial charge in [0.1, 0.15) is 6.04 Å². The van der Waals surface area contributed by atoms with E-state index in [1.54, 1.807) is 16.7 Å². The Balaban J connectivity index is 1.76.